The van der Waals surface area contributed by atoms with Crippen LogP contribution < -0.4 is 9.47 Å². The highest BCUT2D eigenvalue weighted by Crippen LogP contribution is 2.32. The summed E-state index contributed by atoms with van der Waals surface area (Å²) in [7, 11) is 0. The van der Waals surface area contributed by atoms with Gasteiger partial charge in [-0.1, -0.05) is 73.8 Å². The van der Waals surface area contributed by atoms with Crippen LogP contribution >= 0.6 is 0 Å². The molecule has 5 aromatic rings. The molecule has 0 aromatic heterocycles. The molecule has 0 heterocycles. The number of carbonyl (C=O) groups is 2. The summed E-state index contributed by atoms with van der Waals surface area (Å²) in [5.41, 5.74) is 5.12. The molecule has 0 amide bonds. The van der Waals surface area contributed by atoms with Crippen molar-refractivity contribution in [2.24, 2.45) is 0 Å². The van der Waals surface area contributed by atoms with Gasteiger partial charge < -0.3 is 18.9 Å². The topological polar surface area (TPSA) is 71.1 Å². The van der Waals surface area contributed by atoms with E-state index in [-0.39, 0.29) is 19.0 Å². The van der Waals surface area contributed by atoms with E-state index in [1.54, 1.807) is 24.3 Å². The van der Waals surface area contributed by atoms with E-state index in [1.807, 2.05) is 48.5 Å². The van der Waals surface area contributed by atoms with Crippen molar-refractivity contribution in [3.63, 3.8) is 0 Å². The average Bonchev–Trinajstić information content (AvgIpc) is 3.11. The number of esters is 2. The Labute approximate surface area is 273 Å². The molecule has 0 fully saturated rings. The number of hydrogen-bond acceptors (Lipinski definition) is 6. The molecule has 7 heteroatoms. The predicted molar refractivity (Wildman–Crippen MR) is 183 cm³/mol. The van der Waals surface area contributed by atoms with Crippen molar-refractivity contribution < 1.29 is 32.9 Å². The second-order valence-corrected chi connectivity index (χ2v) is 10.7. The Kier molecular flexibility index (Phi) is 11.2. The number of halogens is 1. The lowest BCUT2D eigenvalue weighted by molar-refractivity contribution is -0.138. The van der Waals surface area contributed by atoms with E-state index in [0.717, 1.165) is 56.5 Å². The maximum absolute atomic E-state index is 15.3. The van der Waals surface area contributed by atoms with Crippen LogP contribution in [0.4, 0.5) is 4.39 Å². The first-order valence-electron chi connectivity index (χ1n) is 15.3. The third-order valence-corrected chi connectivity index (χ3v) is 7.43. The summed E-state index contributed by atoms with van der Waals surface area (Å²) < 4.78 is 36.7. The summed E-state index contributed by atoms with van der Waals surface area (Å²) >= 11 is 0. The zero-order chi connectivity index (χ0) is 33.0. The molecular weight excluding hydrogens is 595 g/mol. The van der Waals surface area contributed by atoms with Crippen LogP contribution in [-0.2, 0) is 19.1 Å². The van der Waals surface area contributed by atoms with Crippen LogP contribution in [0.2, 0.25) is 0 Å². The smallest absolute Gasteiger partial charge is 0.330 e. The lowest BCUT2D eigenvalue weighted by atomic mass is 9.96. The summed E-state index contributed by atoms with van der Waals surface area (Å²) in [6.07, 6.45) is 3.42. The van der Waals surface area contributed by atoms with E-state index >= 15 is 4.39 Å². The zero-order valence-electron chi connectivity index (χ0n) is 26.0. The molecule has 0 radical (unpaired) electrons. The third-order valence-electron chi connectivity index (χ3n) is 7.43. The molecule has 0 aliphatic heterocycles. The molecule has 0 bridgehead atoms. The second kappa shape index (κ2) is 16.0. The van der Waals surface area contributed by atoms with Gasteiger partial charge in [-0.05, 0) is 81.1 Å². The molecule has 238 valence electrons. The van der Waals surface area contributed by atoms with E-state index in [1.165, 1.54) is 0 Å². The third kappa shape index (κ3) is 8.95. The van der Waals surface area contributed by atoms with Crippen molar-refractivity contribution in [3.05, 3.63) is 134 Å². The molecule has 5 rings (SSSR count). The van der Waals surface area contributed by atoms with Crippen LogP contribution in [0, 0.1) is 5.82 Å². The fourth-order valence-corrected chi connectivity index (χ4v) is 4.97. The van der Waals surface area contributed by atoms with Gasteiger partial charge in [-0.2, -0.15) is 0 Å². The molecule has 0 unspecified atom stereocenters. The molecular formula is C40H35FO6. The lowest BCUT2D eigenvalue weighted by Crippen LogP contribution is -2.06. The summed E-state index contributed by atoms with van der Waals surface area (Å²) in [5, 5.41) is 2.14. The Balaban J connectivity index is 1.19. The molecule has 0 saturated heterocycles. The Hall–Kier alpha value is -5.69. The molecule has 0 atom stereocenters. The summed E-state index contributed by atoms with van der Waals surface area (Å²) in [5.74, 6) is 0.206. The van der Waals surface area contributed by atoms with Gasteiger partial charge in [-0.3, -0.25) is 0 Å². The van der Waals surface area contributed by atoms with Crippen LogP contribution in [0.1, 0.15) is 12.8 Å². The Morgan fingerprint density at radius 1 is 0.532 bits per heavy atom. The van der Waals surface area contributed by atoms with Gasteiger partial charge >= 0.3 is 11.9 Å². The molecule has 6 nitrogen and oxygen atoms in total. The fraction of sp³-hybridized carbons (Fsp3) is 0.150. The highest BCUT2D eigenvalue weighted by Gasteiger charge is 2.10. The van der Waals surface area contributed by atoms with Crippen LogP contribution in [0.3, 0.4) is 0 Å². The summed E-state index contributed by atoms with van der Waals surface area (Å²) in [6.45, 7) is 8.11. The molecule has 0 saturated carbocycles. The monoisotopic (exact) mass is 630 g/mol. The molecule has 0 N–H and O–H groups in total. The van der Waals surface area contributed by atoms with E-state index < -0.39 is 11.9 Å². The molecule has 0 aliphatic rings. The number of fused-ring (bicyclic) bond motifs is 1. The lowest BCUT2D eigenvalue weighted by Gasteiger charge is -2.11. The molecule has 0 aliphatic carbocycles. The Morgan fingerprint density at radius 3 is 1.45 bits per heavy atom. The first-order valence-corrected chi connectivity index (χ1v) is 15.3. The standard InChI is InChI=1S/C40H35FO6/c1-3-39(42)46-23-5-21-44-35-16-11-28(12-17-35)30-7-8-32-26-33(10-9-31(32)25-30)34-15-20-37(38(41)27-34)29-13-18-36(19-14-29)45-22-6-24-47-40(43)4-2/h3-4,7-20,25-27H,1-2,5-6,21-24H2. The van der Waals surface area contributed by atoms with Crippen molar-refractivity contribution in [2.75, 3.05) is 26.4 Å². The minimum absolute atomic E-state index is 0.255. The van der Waals surface area contributed by atoms with Gasteiger partial charge in [0.15, 0.2) is 0 Å². The van der Waals surface area contributed by atoms with Crippen molar-refractivity contribution in [1.82, 2.24) is 0 Å². The van der Waals surface area contributed by atoms with Gasteiger partial charge in [0.1, 0.15) is 17.3 Å². The number of benzene rings is 5. The van der Waals surface area contributed by atoms with Gasteiger partial charge in [0.2, 0.25) is 0 Å². The highest BCUT2D eigenvalue weighted by atomic mass is 19.1. The quantitative estimate of drug-likeness (QED) is 0.0653. The van der Waals surface area contributed by atoms with E-state index in [4.69, 9.17) is 18.9 Å². The maximum atomic E-state index is 15.3. The van der Waals surface area contributed by atoms with Gasteiger partial charge in [-0.15, -0.1) is 0 Å². The van der Waals surface area contributed by atoms with Crippen molar-refractivity contribution in [1.29, 1.82) is 0 Å². The average molecular weight is 631 g/mol. The number of carbonyl (C=O) groups excluding carboxylic acids is 2. The molecule has 47 heavy (non-hydrogen) atoms. The van der Waals surface area contributed by atoms with Crippen molar-refractivity contribution in [2.45, 2.75) is 12.8 Å². The van der Waals surface area contributed by atoms with Gasteiger partial charge in [-0.25, -0.2) is 14.0 Å². The molecule has 0 spiro atoms. The van der Waals surface area contributed by atoms with E-state index in [9.17, 15) is 9.59 Å². The first kappa shape index (κ1) is 32.7. The van der Waals surface area contributed by atoms with E-state index in [0.29, 0.717) is 37.4 Å². The predicted octanol–water partition coefficient (Wildman–Crippen LogP) is 8.98. The first-order chi connectivity index (χ1) is 22.9. The van der Waals surface area contributed by atoms with Crippen molar-refractivity contribution >= 4 is 22.7 Å². The summed E-state index contributed by atoms with van der Waals surface area (Å²) in [4.78, 5) is 22.2. The van der Waals surface area contributed by atoms with Gasteiger partial charge in [0.05, 0.1) is 26.4 Å². The Bertz CT molecular complexity index is 1860. The van der Waals surface area contributed by atoms with Gasteiger partial charge in [0.25, 0.3) is 0 Å². The number of hydrogen-bond donors (Lipinski definition) is 0. The van der Waals surface area contributed by atoms with E-state index in [2.05, 4.69) is 43.5 Å². The normalized spacial score (nSPS) is 10.7. The molecule has 5 aromatic carbocycles. The van der Waals surface area contributed by atoms with Crippen molar-refractivity contribution in [3.8, 4) is 44.9 Å². The second-order valence-electron chi connectivity index (χ2n) is 10.7. The van der Waals surface area contributed by atoms with Crippen LogP contribution in [-0.4, -0.2) is 38.4 Å². The maximum Gasteiger partial charge on any atom is 0.330 e. The number of ether oxygens (including phenoxy) is 4. The highest BCUT2D eigenvalue weighted by molar-refractivity contribution is 5.91. The van der Waals surface area contributed by atoms with Crippen LogP contribution in [0.5, 0.6) is 11.5 Å². The largest absolute Gasteiger partial charge is 0.493 e. The fourth-order valence-electron chi connectivity index (χ4n) is 4.97. The zero-order valence-corrected chi connectivity index (χ0v) is 26.0. The van der Waals surface area contributed by atoms with Crippen LogP contribution in [0.15, 0.2) is 128 Å². The summed E-state index contributed by atoms with van der Waals surface area (Å²) in [6, 6.07) is 32.8. The van der Waals surface area contributed by atoms with Gasteiger partial charge in [0, 0.05) is 30.6 Å². The minimum Gasteiger partial charge on any atom is -0.493 e. The number of rotatable bonds is 15. The SMILES string of the molecule is C=CC(=O)OCCCOc1ccc(-c2ccc3cc(-c4ccc(-c5ccc(OCCCOC(=O)C=C)cc5)c(F)c4)ccc3c2)cc1. The minimum atomic E-state index is -0.455. The Morgan fingerprint density at radius 2 is 0.957 bits per heavy atom. The van der Waals surface area contributed by atoms with Crippen LogP contribution in [0.25, 0.3) is 44.2 Å².